The number of nitrogens with one attached hydrogen (secondary N) is 1. The maximum absolute atomic E-state index is 11.8. The van der Waals surface area contributed by atoms with Crippen molar-refractivity contribution in [2.24, 2.45) is 0 Å². The smallest absolute Gasteiger partial charge is 0.360 e. The number of benzene rings is 1. The summed E-state index contributed by atoms with van der Waals surface area (Å²) in [5.74, 6) is -1.32. The fraction of sp³-hybridized carbons (Fsp3) is 0.182. The Morgan fingerprint density at radius 1 is 1.38 bits per heavy atom. The molecule has 0 saturated carbocycles. The second kappa shape index (κ2) is 3.44. The van der Waals surface area contributed by atoms with E-state index < -0.39 is 17.1 Å². The average Bonchev–Trinajstić information content (AvgIpc) is 2.19. The Kier molecular flexibility index (Phi) is 2.23. The topological polar surface area (TPSA) is 83.1 Å². The van der Waals surface area contributed by atoms with Crippen LogP contribution < -0.4 is 5.43 Å². The molecular weight excluding hydrogens is 208 g/mol. The molecule has 0 aliphatic carbocycles. The quantitative estimate of drug-likeness (QED) is 0.754. The number of hydrogen-bond acceptors (Lipinski definition) is 3. The van der Waals surface area contributed by atoms with Crippen LogP contribution in [0.1, 0.15) is 21.6 Å². The van der Waals surface area contributed by atoms with Gasteiger partial charge in [-0.05, 0) is 31.0 Å². The van der Waals surface area contributed by atoms with Gasteiger partial charge in [-0.15, -0.1) is 0 Å². The molecule has 16 heavy (non-hydrogen) atoms. The number of fused-ring (bicyclic) bond motifs is 1. The van der Waals surface area contributed by atoms with Crippen molar-refractivity contribution in [1.29, 1.82) is 0 Å². The maximum atomic E-state index is 11.8. The summed E-state index contributed by atoms with van der Waals surface area (Å²) >= 11 is 0. The summed E-state index contributed by atoms with van der Waals surface area (Å²) in [6.07, 6.45) is 0. The first kappa shape index (κ1) is 10.4. The van der Waals surface area contributed by atoms with Crippen LogP contribution in [0.25, 0.3) is 10.9 Å². The molecule has 0 atom stereocenters. The number of carbonyl (C=O) groups is 1. The second-order valence-electron chi connectivity index (χ2n) is 3.71. The third-order valence-electron chi connectivity index (χ3n) is 2.42. The monoisotopic (exact) mass is 218 g/mol. The molecule has 0 spiro atoms. The first-order chi connectivity index (χ1) is 7.50. The highest BCUT2D eigenvalue weighted by molar-refractivity contribution is 5.91. The summed E-state index contributed by atoms with van der Waals surface area (Å²) in [5.41, 5.74) is 1.35. The van der Waals surface area contributed by atoms with Gasteiger partial charge in [-0.3, -0.25) is 9.89 Å². The van der Waals surface area contributed by atoms with E-state index in [1.165, 1.54) is 0 Å². The standard InChI is InChI=1S/C11H10N2O3/c1-5-3-6(2)8-7(4-5)10(14)9(11(15)16)13-12-8/h3-4H,1-2H3,(H,12,14)(H,15,16). The minimum atomic E-state index is -1.32. The van der Waals surface area contributed by atoms with Crippen LogP contribution >= 0.6 is 0 Å². The van der Waals surface area contributed by atoms with Gasteiger partial charge in [0.2, 0.25) is 11.1 Å². The largest absolute Gasteiger partial charge is 0.476 e. The molecular formula is C11H10N2O3. The van der Waals surface area contributed by atoms with Crippen molar-refractivity contribution in [3.63, 3.8) is 0 Å². The number of aryl methyl sites for hydroxylation is 2. The van der Waals surface area contributed by atoms with Crippen molar-refractivity contribution >= 4 is 16.9 Å². The van der Waals surface area contributed by atoms with Crippen LogP contribution in [0, 0.1) is 13.8 Å². The molecule has 0 radical (unpaired) electrons. The first-order valence-electron chi connectivity index (χ1n) is 4.73. The Labute approximate surface area is 90.7 Å². The van der Waals surface area contributed by atoms with Gasteiger partial charge in [0.05, 0.1) is 10.9 Å². The third kappa shape index (κ3) is 1.46. The van der Waals surface area contributed by atoms with Gasteiger partial charge in [-0.2, -0.15) is 5.10 Å². The summed E-state index contributed by atoms with van der Waals surface area (Å²) in [6, 6.07) is 3.57. The van der Waals surface area contributed by atoms with E-state index in [0.29, 0.717) is 10.9 Å². The van der Waals surface area contributed by atoms with E-state index in [4.69, 9.17) is 5.11 Å². The van der Waals surface area contributed by atoms with Gasteiger partial charge in [0.25, 0.3) is 0 Å². The summed E-state index contributed by atoms with van der Waals surface area (Å²) in [6.45, 7) is 3.69. The van der Waals surface area contributed by atoms with Gasteiger partial charge in [0.15, 0.2) is 0 Å². The number of aromatic nitrogens is 2. The molecule has 0 amide bonds. The molecule has 5 heteroatoms. The third-order valence-corrected chi connectivity index (χ3v) is 2.42. The minimum absolute atomic E-state index is 0.366. The summed E-state index contributed by atoms with van der Waals surface area (Å²) in [4.78, 5) is 22.6. The number of hydrogen-bond donors (Lipinski definition) is 2. The number of aromatic carboxylic acids is 1. The second-order valence-corrected chi connectivity index (χ2v) is 3.71. The Bertz CT molecular complexity index is 643. The zero-order valence-corrected chi connectivity index (χ0v) is 8.87. The lowest BCUT2D eigenvalue weighted by Crippen LogP contribution is -2.18. The van der Waals surface area contributed by atoms with Crippen molar-refractivity contribution in [1.82, 2.24) is 10.2 Å². The molecule has 0 unspecified atom stereocenters. The van der Waals surface area contributed by atoms with Crippen LogP contribution in [0.5, 0.6) is 0 Å². The molecule has 0 aliphatic rings. The van der Waals surface area contributed by atoms with E-state index in [0.717, 1.165) is 11.1 Å². The molecule has 2 aromatic rings. The summed E-state index contributed by atoms with van der Waals surface area (Å²) in [5, 5.41) is 15.3. The van der Waals surface area contributed by atoms with Gasteiger partial charge in [0, 0.05) is 0 Å². The van der Waals surface area contributed by atoms with Gasteiger partial charge in [-0.1, -0.05) is 6.07 Å². The van der Waals surface area contributed by atoms with Gasteiger partial charge < -0.3 is 5.11 Å². The van der Waals surface area contributed by atoms with Crippen molar-refractivity contribution in [3.05, 3.63) is 39.2 Å². The Balaban J connectivity index is 2.95. The molecule has 2 rings (SSSR count). The van der Waals surface area contributed by atoms with Crippen LogP contribution in [-0.4, -0.2) is 21.3 Å². The molecule has 2 N–H and O–H groups in total. The highest BCUT2D eigenvalue weighted by Gasteiger charge is 2.14. The SMILES string of the molecule is Cc1cc(C)c2[nH]nc(C(=O)O)c(=O)c2c1. The molecule has 0 fully saturated rings. The van der Waals surface area contributed by atoms with Crippen molar-refractivity contribution in [3.8, 4) is 0 Å². The van der Waals surface area contributed by atoms with Crippen LogP contribution in [0.4, 0.5) is 0 Å². The number of carboxylic acid groups (broad SMARTS) is 1. The van der Waals surface area contributed by atoms with E-state index in [2.05, 4.69) is 10.2 Å². The zero-order valence-electron chi connectivity index (χ0n) is 8.87. The van der Waals surface area contributed by atoms with E-state index >= 15 is 0 Å². The predicted molar refractivity (Wildman–Crippen MR) is 58.8 cm³/mol. The highest BCUT2D eigenvalue weighted by Crippen LogP contribution is 2.14. The summed E-state index contributed by atoms with van der Waals surface area (Å²) in [7, 11) is 0. The molecule has 1 aromatic carbocycles. The van der Waals surface area contributed by atoms with Gasteiger partial charge in [-0.25, -0.2) is 4.79 Å². The minimum Gasteiger partial charge on any atom is -0.476 e. The Hall–Kier alpha value is -2.17. The average molecular weight is 218 g/mol. The predicted octanol–water partition coefficient (Wildman–Crippen LogP) is 1.24. The lowest BCUT2D eigenvalue weighted by Gasteiger charge is -2.03. The first-order valence-corrected chi connectivity index (χ1v) is 4.73. The van der Waals surface area contributed by atoms with E-state index in [1.807, 2.05) is 19.9 Å². The number of H-pyrrole nitrogens is 1. The number of aromatic amines is 1. The van der Waals surface area contributed by atoms with E-state index in [1.54, 1.807) is 6.07 Å². The molecule has 82 valence electrons. The number of rotatable bonds is 1. The molecule has 5 nitrogen and oxygen atoms in total. The molecule has 0 aliphatic heterocycles. The van der Waals surface area contributed by atoms with Crippen LogP contribution in [0.3, 0.4) is 0 Å². The van der Waals surface area contributed by atoms with Gasteiger partial charge in [0.1, 0.15) is 0 Å². The normalized spacial score (nSPS) is 10.6. The lowest BCUT2D eigenvalue weighted by atomic mass is 10.1. The summed E-state index contributed by atoms with van der Waals surface area (Å²) < 4.78 is 0. The lowest BCUT2D eigenvalue weighted by molar-refractivity contribution is 0.0688. The fourth-order valence-electron chi connectivity index (χ4n) is 1.73. The Morgan fingerprint density at radius 2 is 2.06 bits per heavy atom. The molecule has 0 saturated heterocycles. The molecule has 0 bridgehead atoms. The molecule has 1 heterocycles. The fourth-order valence-corrected chi connectivity index (χ4v) is 1.73. The van der Waals surface area contributed by atoms with Crippen LogP contribution in [-0.2, 0) is 0 Å². The van der Waals surface area contributed by atoms with Crippen molar-refractivity contribution in [2.45, 2.75) is 13.8 Å². The van der Waals surface area contributed by atoms with E-state index in [-0.39, 0.29) is 0 Å². The van der Waals surface area contributed by atoms with Gasteiger partial charge >= 0.3 is 5.97 Å². The maximum Gasteiger partial charge on any atom is 0.360 e. The van der Waals surface area contributed by atoms with Crippen LogP contribution in [0.2, 0.25) is 0 Å². The van der Waals surface area contributed by atoms with Crippen molar-refractivity contribution < 1.29 is 9.90 Å². The molecule has 1 aromatic heterocycles. The van der Waals surface area contributed by atoms with Crippen LogP contribution in [0.15, 0.2) is 16.9 Å². The van der Waals surface area contributed by atoms with Crippen molar-refractivity contribution in [2.75, 3.05) is 0 Å². The Morgan fingerprint density at radius 3 is 2.69 bits per heavy atom. The highest BCUT2D eigenvalue weighted by atomic mass is 16.4. The number of nitrogens with zero attached hydrogens (tertiary/aromatic N) is 1. The van der Waals surface area contributed by atoms with E-state index in [9.17, 15) is 9.59 Å². The zero-order chi connectivity index (χ0) is 11.9. The number of carboxylic acids is 1.